The quantitative estimate of drug-likeness (QED) is 0.142. The Morgan fingerprint density at radius 1 is 0.930 bits per heavy atom. The van der Waals surface area contributed by atoms with Gasteiger partial charge in [-0.3, -0.25) is 4.79 Å². The van der Waals surface area contributed by atoms with Crippen LogP contribution in [-0.4, -0.2) is 73.7 Å². The van der Waals surface area contributed by atoms with Crippen molar-refractivity contribution < 1.29 is 53.4 Å². The molecule has 0 saturated carbocycles. The Hall–Kier alpha value is -2.51. The second kappa shape index (κ2) is 16.0. The molecule has 0 saturated heterocycles. The first kappa shape index (κ1) is 38.5. The number of benzene rings is 1. The Balaban J connectivity index is 2.30. The van der Waals surface area contributed by atoms with Gasteiger partial charge in [0.05, 0.1) is 28.7 Å². The first-order valence-electron chi connectivity index (χ1n) is 13.6. The van der Waals surface area contributed by atoms with Crippen LogP contribution >= 0.6 is 0 Å². The molecule has 16 heteroatoms. The lowest BCUT2D eigenvalue weighted by atomic mass is 10.0. The van der Waals surface area contributed by atoms with Gasteiger partial charge in [0.25, 0.3) is 5.91 Å². The summed E-state index contributed by atoms with van der Waals surface area (Å²) in [4.78, 5) is 14.2. The van der Waals surface area contributed by atoms with Gasteiger partial charge in [-0.15, -0.1) is 0 Å². The number of halogens is 8. The maximum atomic E-state index is 13.2. The highest BCUT2D eigenvalue weighted by atomic mass is 32.2. The summed E-state index contributed by atoms with van der Waals surface area (Å²) in [6.07, 6.45) is -8.22. The van der Waals surface area contributed by atoms with E-state index in [1.165, 1.54) is 13.0 Å². The largest absolute Gasteiger partial charge is 0.453 e. The highest BCUT2D eigenvalue weighted by Gasteiger charge is 2.56. The van der Waals surface area contributed by atoms with E-state index in [0.717, 1.165) is 31.4 Å². The van der Waals surface area contributed by atoms with Crippen molar-refractivity contribution in [3.63, 3.8) is 0 Å². The first-order chi connectivity index (χ1) is 19.6. The molecular weight excluding hydrogens is 614 g/mol. The molecule has 1 amide bonds. The van der Waals surface area contributed by atoms with Crippen molar-refractivity contribution in [2.24, 2.45) is 0 Å². The Morgan fingerprint density at radius 2 is 1.47 bits per heavy atom. The number of rotatable bonds is 18. The average molecular weight is 652 g/mol. The van der Waals surface area contributed by atoms with Crippen molar-refractivity contribution in [2.75, 3.05) is 37.0 Å². The second-order valence-electron chi connectivity index (χ2n) is 10.8. The third-order valence-corrected chi connectivity index (χ3v) is 8.45. The van der Waals surface area contributed by atoms with Gasteiger partial charge in [0.15, 0.2) is 5.60 Å². The second-order valence-corrected chi connectivity index (χ2v) is 13.1. The molecule has 43 heavy (non-hydrogen) atoms. The van der Waals surface area contributed by atoms with Gasteiger partial charge in [-0.1, -0.05) is 32.1 Å². The van der Waals surface area contributed by atoms with Crippen molar-refractivity contribution in [1.82, 2.24) is 4.90 Å². The number of nitriles is 1. The third-order valence-electron chi connectivity index (χ3n) is 6.63. The number of nitrogens with zero attached hydrogens (tertiary/aromatic N) is 2. The maximum absolute atomic E-state index is 13.2. The van der Waals surface area contributed by atoms with Crippen molar-refractivity contribution in [1.29, 1.82) is 5.26 Å². The molecule has 0 spiro atoms. The summed E-state index contributed by atoms with van der Waals surface area (Å²) < 4.78 is 125. The van der Waals surface area contributed by atoms with Crippen LogP contribution in [0.2, 0.25) is 0 Å². The van der Waals surface area contributed by atoms with Crippen LogP contribution in [0.15, 0.2) is 18.2 Å². The van der Waals surface area contributed by atoms with Gasteiger partial charge in [-0.05, 0) is 58.0 Å². The van der Waals surface area contributed by atoms with Gasteiger partial charge in [-0.25, -0.2) is 8.42 Å². The van der Waals surface area contributed by atoms with Crippen molar-refractivity contribution in [3.8, 4) is 6.07 Å². The fourth-order valence-corrected chi connectivity index (χ4v) is 5.67. The van der Waals surface area contributed by atoms with Crippen LogP contribution in [0.5, 0.6) is 0 Å². The number of aliphatic hydroxyl groups is 1. The summed E-state index contributed by atoms with van der Waals surface area (Å²) in [7, 11) is -2.06. The van der Waals surface area contributed by atoms with E-state index in [0.29, 0.717) is 31.9 Å². The number of amides is 1. The number of hydrogen-bond acceptors (Lipinski definition) is 6. The zero-order valence-electron chi connectivity index (χ0n) is 23.9. The molecule has 246 valence electrons. The van der Waals surface area contributed by atoms with Crippen LogP contribution in [0.25, 0.3) is 0 Å². The number of alkyl halides is 8. The van der Waals surface area contributed by atoms with E-state index in [1.54, 1.807) is 11.9 Å². The van der Waals surface area contributed by atoms with E-state index >= 15 is 0 Å². The predicted molar refractivity (Wildman–Crippen MR) is 144 cm³/mol. The first-order valence-corrected chi connectivity index (χ1v) is 15.4. The summed E-state index contributed by atoms with van der Waals surface area (Å²) >= 11 is 0. The SMILES string of the molecule is CN(CCCCCCCCCS(=O)(=O)CCCC(F)(F)C(F)(F)F)CC(C)(O)C(=O)Nc1ccc(C#N)c(C(F)(F)F)c1. The van der Waals surface area contributed by atoms with Crippen LogP contribution in [0.4, 0.5) is 40.8 Å². The summed E-state index contributed by atoms with van der Waals surface area (Å²) in [6, 6.07) is 4.13. The summed E-state index contributed by atoms with van der Waals surface area (Å²) in [5.41, 5.74) is -3.95. The van der Waals surface area contributed by atoms with Crippen LogP contribution in [0.1, 0.15) is 75.8 Å². The Labute approximate surface area is 246 Å². The molecule has 2 N–H and O–H groups in total. The topological polar surface area (TPSA) is 110 Å². The van der Waals surface area contributed by atoms with Gasteiger partial charge in [-0.2, -0.15) is 40.4 Å². The standard InChI is InChI=1S/C27H37F8N3O4S/c1-24(40,23(39)37-21-12-11-20(18-36)22(17-21)26(30,31)32)19-38(2)14-8-6-4-3-5-7-9-15-43(41,42)16-10-13-25(28,29)27(33,34)35/h11-12,17,40H,3-10,13-16,19H2,1-2H3,(H,37,39). The average Bonchev–Trinajstić information content (AvgIpc) is 2.85. The highest BCUT2D eigenvalue weighted by Crippen LogP contribution is 2.39. The molecule has 1 unspecified atom stereocenters. The lowest BCUT2D eigenvalue weighted by Gasteiger charge is -2.28. The van der Waals surface area contributed by atoms with Crippen molar-refractivity contribution in [2.45, 2.75) is 88.6 Å². The molecule has 7 nitrogen and oxygen atoms in total. The molecule has 1 atom stereocenters. The molecule has 1 rings (SSSR count). The molecule has 0 bridgehead atoms. The minimum atomic E-state index is -5.70. The van der Waals surface area contributed by atoms with Crippen LogP contribution in [-0.2, 0) is 20.8 Å². The molecular formula is C27H37F8N3O4S. The molecule has 0 fully saturated rings. The molecule has 0 aliphatic heterocycles. The monoisotopic (exact) mass is 651 g/mol. The Morgan fingerprint density at radius 3 is 2.00 bits per heavy atom. The van der Waals surface area contributed by atoms with Gasteiger partial charge in [0.2, 0.25) is 0 Å². The molecule has 0 aromatic heterocycles. The normalized spacial score (nSPS) is 14.4. The number of hydrogen-bond donors (Lipinski definition) is 2. The summed E-state index contributed by atoms with van der Waals surface area (Å²) in [6.45, 7) is 1.62. The highest BCUT2D eigenvalue weighted by molar-refractivity contribution is 7.91. The maximum Gasteiger partial charge on any atom is 0.453 e. The summed E-state index contributed by atoms with van der Waals surface area (Å²) in [5, 5.41) is 21.7. The zero-order valence-corrected chi connectivity index (χ0v) is 24.7. The minimum Gasteiger partial charge on any atom is -0.379 e. The minimum absolute atomic E-state index is 0.108. The van der Waals surface area contributed by atoms with Gasteiger partial charge >= 0.3 is 18.3 Å². The molecule has 0 aliphatic rings. The number of sulfone groups is 1. The fourth-order valence-electron chi connectivity index (χ4n) is 4.24. The molecule has 0 heterocycles. The van der Waals surface area contributed by atoms with E-state index in [4.69, 9.17) is 5.26 Å². The van der Waals surface area contributed by atoms with E-state index < -0.39 is 69.3 Å². The molecule has 0 radical (unpaired) electrons. The Kier molecular flexibility index (Phi) is 14.3. The Bertz CT molecular complexity index is 1200. The molecule has 1 aromatic carbocycles. The number of nitrogens with one attached hydrogen (secondary N) is 1. The fraction of sp³-hybridized carbons (Fsp3) is 0.704. The number of anilines is 1. The van der Waals surface area contributed by atoms with E-state index in [-0.39, 0.29) is 24.4 Å². The molecule has 0 aliphatic carbocycles. The van der Waals surface area contributed by atoms with Gasteiger partial charge < -0.3 is 15.3 Å². The van der Waals surface area contributed by atoms with Crippen LogP contribution in [0.3, 0.4) is 0 Å². The predicted octanol–water partition coefficient (Wildman–Crippen LogP) is 6.32. The number of carbonyl (C=O) groups excluding carboxylic acids is 1. The van der Waals surface area contributed by atoms with E-state index in [2.05, 4.69) is 5.32 Å². The van der Waals surface area contributed by atoms with E-state index in [9.17, 15) is 53.4 Å². The number of carbonyl (C=O) groups is 1. The van der Waals surface area contributed by atoms with Crippen molar-refractivity contribution >= 4 is 21.4 Å². The smallest absolute Gasteiger partial charge is 0.379 e. The zero-order chi connectivity index (χ0) is 33.1. The number of unbranched alkanes of at least 4 members (excludes halogenated alkanes) is 6. The molecule has 1 aromatic rings. The third kappa shape index (κ3) is 13.8. The lowest BCUT2D eigenvalue weighted by molar-refractivity contribution is -0.284. The van der Waals surface area contributed by atoms with E-state index in [1.807, 2.05) is 0 Å². The number of likely N-dealkylation sites (N-methyl/N-ethyl adjacent to an activating group) is 1. The van der Waals surface area contributed by atoms with Gasteiger partial charge in [0, 0.05) is 18.7 Å². The lowest BCUT2D eigenvalue weighted by Crippen LogP contribution is -2.48. The summed E-state index contributed by atoms with van der Waals surface area (Å²) in [5.74, 6) is -6.84. The van der Waals surface area contributed by atoms with Crippen molar-refractivity contribution in [3.05, 3.63) is 29.3 Å². The van der Waals surface area contributed by atoms with Crippen LogP contribution in [0, 0.1) is 11.3 Å². The van der Waals surface area contributed by atoms with Crippen LogP contribution < -0.4 is 5.32 Å². The van der Waals surface area contributed by atoms with Gasteiger partial charge in [0.1, 0.15) is 9.84 Å².